The molecule has 7 nitrogen and oxygen atoms in total. The number of carbonyl (C=O) groups excluding carboxylic acids is 1. The Morgan fingerprint density at radius 2 is 1.97 bits per heavy atom. The van der Waals surface area contributed by atoms with E-state index in [2.05, 4.69) is 31.4 Å². The molecule has 10 heteroatoms. The van der Waals surface area contributed by atoms with Gasteiger partial charge in [0.15, 0.2) is 5.76 Å². The Morgan fingerprint density at radius 1 is 1.16 bits per heavy atom. The quantitative estimate of drug-likeness (QED) is 0.352. The third-order valence-electron chi connectivity index (χ3n) is 4.70. The van der Waals surface area contributed by atoms with Gasteiger partial charge in [-0.25, -0.2) is 0 Å². The number of benzene rings is 1. The van der Waals surface area contributed by atoms with Crippen molar-refractivity contribution < 1.29 is 9.21 Å². The van der Waals surface area contributed by atoms with Crippen molar-refractivity contribution in [2.45, 2.75) is 26.9 Å². The molecule has 3 aromatic heterocycles. The van der Waals surface area contributed by atoms with Crippen molar-refractivity contribution in [2.24, 2.45) is 0 Å². The lowest BCUT2D eigenvalue weighted by molar-refractivity contribution is 0.0994. The number of aromatic nitrogens is 4. The van der Waals surface area contributed by atoms with Gasteiger partial charge < -0.3 is 9.73 Å². The maximum Gasteiger partial charge on any atom is 0.291 e. The van der Waals surface area contributed by atoms with E-state index in [-0.39, 0.29) is 11.7 Å². The average molecular weight is 523 g/mol. The Labute approximate surface area is 197 Å². The van der Waals surface area contributed by atoms with Crippen LogP contribution >= 0.6 is 39.1 Å². The van der Waals surface area contributed by atoms with Crippen LogP contribution in [0.2, 0.25) is 10.0 Å². The molecule has 0 saturated heterocycles. The van der Waals surface area contributed by atoms with Gasteiger partial charge in [0.25, 0.3) is 5.91 Å². The summed E-state index contributed by atoms with van der Waals surface area (Å²) < 4.78 is 10.2. The van der Waals surface area contributed by atoms with Crippen LogP contribution in [0.5, 0.6) is 0 Å². The fourth-order valence-corrected chi connectivity index (χ4v) is 3.70. The van der Waals surface area contributed by atoms with Gasteiger partial charge in [-0.15, -0.1) is 0 Å². The maximum absolute atomic E-state index is 12.6. The fourth-order valence-electron chi connectivity index (χ4n) is 3.09. The topological polar surface area (TPSA) is 77.9 Å². The summed E-state index contributed by atoms with van der Waals surface area (Å²) in [6, 6.07) is 8.82. The summed E-state index contributed by atoms with van der Waals surface area (Å²) in [6.45, 7) is 4.83. The minimum absolute atomic E-state index is 0.216. The summed E-state index contributed by atoms with van der Waals surface area (Å²) in [6.07, 6.45) is 3.31. The first-order valence-electron chi connectivity index (χ1n) is 9.36. The van der Waals surface area contributed by atoms with Gasteiger partial charge in [-0.2, -0.15) is 10.2 Å². The highest BCUT2D eigenvalue weighted by Gasteiger charge is 2.15. The molecule has 4 aromatic rings. The largest absolute Gasteiger partial charge is 0.454 e. The van der Waals surface area contributed by atoms with Gasteiger partial charge in [-0.1, -0.05) is 29.3 Å². The van der Waals surface area contributed by atoms with Gasteiger partial charge in [-0.3, -0.25) is 14.2 Å². The second-order valence-electron chi connectivity index (χ2n) is 7.04. The molecule has 1 aromatic carbocycles. The van der Waals surface area contributed by atoms with Crippen LogP contribution in [0.3, 0.4) is 0 Å². The minimum atomic E-state index is -0.352. The number of hydrogen-bond donors (Lipinski definition) is 1. The predicted molar refractivity (Wildman–Crippen MR) is 123 cm³/mol. The van der Waals surface area contributed by atoms with Crippen LogP contribution in [0.15, 0.2) is 51.6 Å². The number of nitrogens with zero attached hydrogens (tertiary/aromatic N) is 4. The second-order valence-corrected chi connectivity index (χ2v) is 8.64. The van der Waals surface area contributed by atoms with E-state index in [1.165, 1.54) is 0 Å². The molecule has 0 saturated carbocycles. The summed E-state index contributed by atoms with van der Waals surface area (Å²) in [5.74, 6) is 0.501. The number of nitrogens with one attached hydrogen (secondary N) is 1. The van der Waals surface area contributed by atoms with Crippen molar-refractivity contribution in [1.82, 2.24) is 19.6 Å². The summed E-state index contributed by atoms with van der Waals surface area (Å²) in [5, 5.41) is 12.5. The van der Waals surface area contributed by atoms with Crippen LogP contribution < -0.4 is 5.32 Å². The van der Waals surface area contributed by atoms with E-state index >= 15 is 0 Å². The highest BCUT2D eigenvalue weighted by Crippen LogP contribution is 2.23. The van der Waals surface area contributed by atoms with Gasteiger partial charge in [0.2, 0.25) is 0 Å². The number of rotatable bonds is 6. The monoisotopic (exact) mass is 521 g/mol. The number of carbonyl (C=O) groups is 1. The van der Waals surface area contributed by atoms with E-state index in [0.717, 1.165) is 21.4 Å². The van der Waals surface area contributed by atoms with Gasteiger partial charge in [0, 0.05) is 6.20 Å². The normalized spacial score (nSPS) is 11.1. The Kier molecular flexibility index (Phi) is 6.22. The molecule has 0 fully saturated rings. The van der Waals surface area contributed by atoms with Crippen LogP contribution in [-0.4, -0.2) is 25.5 Å². The van der Waals surface area contributed by atoms with E-state index in [1.807, 2.05) is 24.6 Å². The predicted octanol–water partition coefficient (Wildman–Crippen LogP) is 5.71. The first kappa shape index (κ1) is 21.7. The van der Waals surface area contributed by atoms with Crippen LogP contribution in [0.1, 0.15) is 33.3 Å². The lowest BCUT2D eigenvalue weighted by Gasteiger charge is -2.04. The van der Waals surface area contributed by atoms with E-state index in [0.29, 0.717) is 34.6 Å². The zero-order valence-corrected chi connectivity index (χ0v) is 19.8. The Hall–Kier alpha value is -2.55. The number of aryl methyl sites for hydroxylation is 1. The average Bonchev–Trinajstić information content (AvgIpc) is 3.43. The molecule has 4 rings (SSSR count). The number of halogens is 3. The summed E-state index contributed by atoms with van der Waals surface area (Å²) in [5.41, 5.74) is 3.40. The molecule has 31 heavy (non-hydrogen) atoms. The third kappa shape index (κ3) is 4.87. The van der Waals surface area contributed by atoms with Crippen LogP contribution in [0.4, 0.5) is 5.69 Å². The molecule has 0 aliphatic carbocycles. The molecule has 0 radical (unpaired) electrons. The van der Waals surface area contributed by atoms with Gasteiger partial charge in [-0.05, 0) is 59.6 Å². The first-order valence-corrected chi connectivity index (χ1v) is 10.9. The zero-order chi connectivity index (χ0) is 22.1. The zero-order valence-electron chi connectivity index (χ0n) is 16.7. The van der Waals surface area contributed by atoms with Gasteiger partial charge in [0.1, 0.15) is 5.76 Å². The summed E-state index contributed by atoms with van der Waals surface area (Å²) in [4.78, 5) is 12.6. The molecular weight excluding hydrogens is 505 g/mol. The van der Waals surface area contributed by atoms with Crippen LogP contribution in [0.25, 0.3) is 0 Å². The second kappa shape index (κ2) is 8.90. The molecule has 3 heterocycles. The number of furan rings is 1. The van der Waals surface area contributed by atoms with E-state index in [4.69, 9.17) is 27.6 Å². The van der Waals surface area contributed by atoms with Gasteiger partial charge >= 0.3 is 0 Å². The smallest absolute Gasteiger partial charge is 0.291 e. The fraction of sp³-hybridized carbons (Fsp3) is 0.190. The van der Waals surface area contributed by atoms with Crippen LogP contribution in [-0.2, 0) is 13.1 Å². The van der Waals surface area contributed by atoms with Crippen molar-refractivity contribution in [3.8, 4) is 0 Å². The lowest BCUT2D eigenvalue weighted by atomic mass is 10.2. The maximum atomic E-state index is 12.6. The molecule has 0 bridgehead atoms. The van der Waals surface area contributed by atoms with Crippen molar-refractivity contribution in [3.63, 3.8) is 0 Å². The third-order valence-corrected chi connectivity index (χ3v) is 6.59. The molecule has 0 atom stereocenters. The molecule has 0 aliphatic heterocycles. The van der Waals surface area contributed by atoms with Gasteiger partial charge in [0.05, 0.1) is 50.9 Å². The van der Waals surface area contributed by atoms with Crippen molar-refractivity contribution in [2.75, 3.05) is 5.32 Å². The summed E-state index contributed by atoms with van der Waals surface area (Å²) in [7, 11) is 0. The van der Waals surface area contributed by atoms with E-state index in [9.17, 15) is 4.79 Å². The van der Waals surface area contributed by atoms with E-state index < -0.39 is 0 Å². The highest BCUT2D eigenvalue weighted by atomic mass is 79.9. The molecule has 1 amide bonds. The lowest BCUT2D eigenvalue weighted by Crippen LogP contribution is -2.10. The Bertz CT molecular complexity index is 1260. The van der Waals surface area contributed by atoms with Crippen molar-refractivity contribution >= 4 is 50.7 Å². The molecule has 0 aliphatic rings. The SMILES string of the molecule is Cc1nn(Cc2ccc(C(=O)Nc3cnn(Cc4ccc(Cl)c(Cl)c4)c3)o2)c(C)c1Br. The Balaban J connectivity index is 1.40. The Morgan fingerprint density at radius 3 is 2.68 bits per heavy atom. The van der Waals surface area contributed by atoms with Crippen molar-refractivity contribution in [1.29, 1.82) is 0 Å². The highest BCUT2D eigenvalue weighted by molar-refractivity contribution is 9.10. The molecule has 0 spiro atoms. The number of amides is 1. The summed E-state index contributed by atoms with van der Waals surface area (Å²) >= 11 is 15.5. The molecule has 0 unspecified atom stereocenters. The first-order chi connectivity index (χ1) is 14.8. The number of anilines is 1. The van der Waals surface area contributed by atoms with Crippen molar-refractivity contribution in [3.05, 3.63) is 85.7 Å². The molecular formula is C21H18BrCl2N5O2. The minimum Gasteiger partial charge on any atom is -0.454 e. The molecule has 160 valence electrons. The standard InChI is InChI=1S/C21H18BrCl2N5O2/c1-12-20(22)13(2)29(27-12)11-16-4-6-19(31-16)21(30)26-15-8-25-28(10-15)9-14-3-5-17(23)18(24)7-14/h3-8,10H,9,11H2,1-2H3,(H,26,30). The number of hydrogen-bond acceptors (Lipinski definition) is 4. The van der Waals surface area contributed by atoms with E-state index in [1.54, 1.807) is 41.3 Å². The van der Waals surface area contributed by atoms with Crippen LogP contribution in [0, 0.1) is 13.8 Å². The molecule has 1 N–H and O–H groups in total.